The number of allylic oxidation sites excluding steroid dienone is 1. The molecule has 1 aromatic rings. The minimum absolute atomic E-state index is 0.542. The van der Waals surface area contributed by atoms with Crippen molar-refractivity contribution in [1.82, 2.24) is 9.55 Å². The van der Waals surface area contributed by atoms with E-state index in [1.165, 1.54) is 0 Å². The summed E-state index contributed by atoms with van der Waals surface area (Å²) in [6.07, 6.45) is 3.43. The maximum Gasteiger partial charge on any atom is 0.129 e. The van der Waals surface area contributed by atoms with E-state index >= 15 is 0 Å². The van der Waals surface area contributed by atoms with Gasteiger partial charge in [-0.05, 0) is 6.92 Å². The summed E-state index contributed by atoms with van der Waals surface area (Å²) in [5.41, 5.74) is 1.23. The van der Waals surface area contributed by atoms with Gasteiger partial charge in [-0.2, -0.15) is 0 Å². The van der Waals surface area contributed by atoms with E-state index in [-0.39, 0.29) is 0 Å². The van der Waals surface area contributed by atoms with Gasteiger partial charge in [-0.1, -0.05) is 0 Å². The lowest BCUT2D eigenvalue weighted by atomic mass is 10.3. The topological polar surface area (TPSA) is 34.9 Å². The Morgan fingerprint density at radius 1 is 1.80 bits per heavy atom. The Kier molecular flexibility index (Phi) is 1.69. The van der Waals surface area contributed by atoms with E-state index < -0.39 is 0 Å². The van der Waals surface area contributed by atoms with Crippen LogP contribution in [0.15, 0.2) is 12.5 Å². The highest BCUT2D eigenvalue weighted by Gasteiger charge is 1.97. The highest BCUT2D eigenvalue weighted by atomic mass is 16.1. The molecular weight excluding hydrogens is 128 g/mol. The van der Waals surface area contributed by atoms with E-state index in [1.807, 2.05) is 7.05 Å². The fourth-order valence-corrected chi connectivity index (χ4v) is 0.659. The third-order valence-corrected chi connectivity index (χ3v) is 1.24. The quantitative estimate of drug-likeness (QED) is 0.531. The lowest BCUT2D eigenvalue weighted by Gasteiger charge is -1.84. The summed E-state index contributed by atoms with van der Waals surface area (Å²) in [6, 6.07) is 0. The largest absolute Gasteiger partial charge is 0.340 e. The molecule has 0 fully saturated rings. The van der Waals surface area contributed by atoms with Gasteiger partial charge in [-0.25, -0.2) is 9.78 Å². The molecule has 3 nitrogen and oxygen atoms in total. The highest BCUT2D eigenvalue weighted by molar-refractivity contribution is 5.84. The van der Waals surface area contributed by atoms with Crippen LogP contribution in [0.3, 0.4) is 0 Å². The van der Waals surface area contributed by atoms with Gasteiger partial charge in [0.1, 0.15) is 5.94 Å². The molecule has 0 aromatic carbocycles. The molecule has 10 heavy (non-hydrogen) atoms. The van der Waals surface area contributed by atoms with Gasteiger partial charge in [0, 0.05) is 13.2 Å². The second kappa shape index (κ2) is 2.50. The second-order valence-electron chi connectivity index (χ2n) is 2.15. The Morgan fingerprint density at radius 3 is 2.90 bits per heavy atom. The first-order chi connectivity index (χ1) is 4.74. The van der Waals surface area contributed by atoms with Crippen molar-refractivity contribution in [1.29, 1.82) is 0 Å². The number of hydrogen-bond acceptors (Lipinski definition) is 2. The molecule has 0 unspecified atom stereocenters. The van der Waals surface area contributed by atoms with Gasteiger partial charge in [0.15, 0.2) is 0 Å². The Balaban J connectivity index is 3.07. The predicted molar refractivity (Wildman–Crippen MR) is 38.0 cm³/mol. The summed E-state index contributed by atoms with van der Waals surface area (Å²) in [5.74, 6) is 1.79. The number of aryl methyl sites for hydroxylation is 1. The number of carbonyl (C=O) groups excluding carboxylic acids is 1. The van der Waals surface area contributed by atoms with Crippen LogP contribution in [0.1, 0.15) is 12.6 Å². The molecule has 0 atom stereocenters. The second-order valence-corrected chi connectivity index (χ2v) is 2.15. The number of nitrogens with zero attached hydrogens (tertiary/aromatic N) is 2. The third kappa shape index (κ3) is 1.14. The number of aromatic nitrogens is 2. The standard InChI is InChI=1S/C7H8N2O/c1-6(4-10)7-3-9(2)5-8-7/h3,5H,1-2H3. The monoisotopic (exact) mass is 136 g/mol. The molecule has 52 valence electrons. The summed E-state index contributed by atoms with van der Waals surface area (Å²) in [5, 5.41) is 0. The number of rotatable bonds is 1. The van der Waals surface area contributed by atoms with E-state index in [9.17, 15) is 4.79 Å². The van der Waals surface area contributed by atoms with Crippen LogP contribution in [0.4, 0.5) is 0 Å². The van der Waals surface area contributed by atoms with Gasteiger partial charge in [-0.3, -0.25) is 0 Å². The summed E-state index contributed by atoms with van der Waals surface area (Å²) in [6.45, 7) is 1.69. The molecule has 1 rings (SSSR count). The Morgan fingerprint density at radius 2 is 2.50 bits per heavy atom. The number of hydrogen-bond donors (Lipinski definition) is 0. The maximum absolute atomic E-state index is 10.1. The van der Waals surface area contributed by atoms with E-state index in [1.54, 1.807) is 30.0 Å². The number of imidazole rings is 1. The van der Waals surface area contributed by atoms with Gasteiger partial charge in [-0.15, -0.1) is 0 Å². The van der Waals surface area contributed by atoms with Crippen LogP contribution >= 0.6 is 0 Å². The van der Waals surface area contributed by atoms with Crippen molar-refractivity contribution in [2.45, 2.75) is 6.92 Å². The van der Waals surface area contributed by atoms with Gasteiger partial charge in [0.2, 0.25) is 0 Å². The van der Waals surface area contributed by atoms with Crippen LogP contribution in [0.25, 0.3) is 5.57 Å². The average molecular weight is 136 g/mol. The van der Waals surface area contributed by atoms with E-state index in [2.05, 4.69) is 4.98 Å². The zero-order valence-corrected chi connectivity index (χ0v) is 5.96. The summed E-state index contributed by atoms with van der Waals surface area (Å²) < 4.78 is 1.79. The highest BCUT2D eigenvalue weighted by Crippen LogP contribution is 2.04. The molecule has 0 aliphatic carbocycles. The van der Waals surface area contributed by atoms with Crippen molar-refractivity contribution in [3.63, 3.8) is 0 Å². The summed E-state index contributed by atoms with van der Waals surface area (Å²) in [7, 11) is 1.86. The average Bonchev–Trinajstić information content (AvgIpc) is 2.34. The molecule has 0 bridgehead atoms. The predicted octanol–water partition coefficient (Wildman–Crippen LogP) is 0.655. The van der Waals surface area contributed by atoms with Crippen LogP contribution < -0.4 is 0 Å². The molecule has 0 saturated carbocycles. The maximum atomic E-state index is 10.1. The van der Waals surface area contributed by atoms with Crippen molar-refractivity contribution in [3.05, 3.63) is 18.2 Å². The first kappa shape index (κ1) is 6.78. The zero-order chi connectivity index (χ0) is 7.56. The Hall–Kier alpha value is -1.34. The van der Waals surface area contributed by atoms with Crippen molar-refractivity contribution >= 4 is 11.5 Å². The summed E-state index contributed by atoms with van der Waals surface area (Å²) >= 11 is 0. The molecule has 0 N–H and O–H groups in total. The minimum atomic E-state index is 0.542. The van der Waals surface area contributed by atoms with Crippen molar-refractivity contribution < 1.29 is 4.79 Å². The zero-order valence-electron chi connectivity index (χ0n) is 5.96. The fourth-order valence-electron chi connectivity index (χ4n) is 0.659. The molecule has 0 aliphatic rings. The first-order valence-corrected chi connectivity index (χ1v) is 2.94. The minimum Gasteiger partial charge on any atom is -0.340 e. The van der Waals surface area contributed by atoms with Gasteiger partial charge >= 0.3 is 0 Å². The van der Waals surface area contributed by atoms with E-state index in [0.29, 0.717) is 11.3 Å². The molecule has 1 heterocycles. The lowest BCUT2D eigenvalue weighted by molar-refractivity contribution is 0.569. The van der Waals surface area contributed by atoms with Crippen LogP contribution in [0.2, 0.25) is 0 Å². The van der Waals surface area contributed by atoms with E-state index in [0.717, 1.165) is 0 Å². The van der Waals surface area contributed by atoms with Gasteiger partial charge in [0.25, 0.3) is 0 Å². The SMILES string of the molecule is CC(=C=O)c1cn(C)cn1. The van der Waals surface area contributed by atoms with E-state index in [4.69, 9.17) is 0 Å². The van der Waals surface area contributed by atoms with Crippen molar-refractivity contribution in [2.75, 3.05) is 0 Å². The molecule has 0 saturated heterocycles. The molecular formula is C7H8N2O. The summed E-state index contributed by atoms with van der Waals surface area (Å²) in [4.78, 5) is 14.1. The normalized spacial score (nSPS) is 9.00. The molecule has 3 heteroatoms. The Labute approximate surface area is 59.0 Å². The van der Waals surface area contributed by atoms with Crippen LogP contribution in [-0.2, 0) is 11.8 Å². The van der Waals surface area contributed by atoms with Crippen LogP contribution in [0, 0.1) is 0 Å². The lowest BCUT2D eigenvalue weighted by Crippen LogP contribution is -1.79. The third-order valence-electron chi connectivity index (χ3n) is 1.24. The van der Waals surface area contributed by atoms with Crippen molar-refractivity contribution in [2.24, 2.45) is 7.05 Å². The molecule has 0 amide bonds. The van der Waals surface area contributed by atoms with Crippen LogP contribution in [-0.4, -0.2) is 15.5 Å². The van der Waals surface area contributed by atoms with Crippen molar-refractivity contribution in [3.8, 4) is 0 Å². The first-order valence-electron chi connectivity index (χ1n) is 2.94. The fraction of sp³-hybridized carbons (Fsp3) is 0.286. The molecule has 1 aromatic heterocycles. The molecule has 0 spiro atoms. The van der Waals surface area contributed by atoms with Gasteiger partial charge < -0.3 is 4.57 Å². The Bertz CT molecular complexity index is 282. The smallest absolute Gasteiger partial charge is 0.129 e. The molecule has 0 aliphatic heterocycles. The van der Waals surface area contributed by atoms with Gasteiger partial charge in [0.05, 0.1) is 17.6 Å². The van der Waals surface area contributed by atoms with Crippen LogP contribution in [0.5, 0.6) is 0 Å². The molecule has 0 radical (unpaired) electrons.